The van der Waals surface area contributed by atoms with Gasteiger partial charge in [-0.2, -0.15) is 0 Å². The molecule has 158 valence electrons. The SMILES string of the molecule is CCCCCCCCCCCCNC(CCC)CCCCCCCCC. The van der Waals surface area contributed by atoms with Crippen LogP contribution in [0.3, 0.4) is 0 Å². The van der Waals surface area contributed by atoms with E-state index in [1.807, 2.05) is 0 Å². The molecule has 0 aromatic heterocycles. The van der Waals surface area contributed by atoms with Crippen LogP contribution in [0, 0.1) is 0 Å². The van der Waals surface area contributed by atoms with Crippen molar-refractivity contribution in [3.63, 3.8) is 0 Å². The minimum Gasteiger partial charge on any atom is -0.314 e. The van der Waals surface area contributed by atoms with Gasteiger partial charge in [-0.3, -0.25) is 0 Å². The molecular formula is C25H53N. The fourth-order valence-electron chi connectivity index (χ4n) is 3.96. The summed E-state index contributed by atoms with van der Waals surface area (Å²) in [5, 5.41) is 3.86. The summed E-state index contributed by atoms with van der Waals surface area (Å²) >= 11 is 0. The minimum atomic E-state index is 0.786. The van der Waals surface area contributed by atoms with Gasteiger partial charge in [-0.1, -0.05) is 130 Å². The Labute approximate surface area is 167 Å². The summed E-state index contributed by atoms with van der Waals surface area (Å²) in [7, 11) is 0. The Bertz CT molecular complexity index is 238. The second kappa shape index (κ2) is 23.0. The van der Waals surface area contributed by atoms with Crippen molar-refractivity contribution < 1.29 is 0 Å². The van der Waals surface area contributed by atoms with Gasteiger partial charge in [0.1, 0.15) is 0 Å². The third-order valence-corrected chi connectivity index (χ3v) is 5.76. The topological polar surface area (TPSA) is 12.0 Å². The Morgan fingerprint density at radius 3 is 1.31 bits per heavy atom. The molecule has 0 radical (unpaired) electrons. The van der Waals surface area contributed by atoms with E-state index in [1.165, 1.54) is 135 Å². The van der Waals surface area contributed by atoms with Crippen molar-refractivity contribution >= 4 is 0 Å². The molecule has 1 atom stereocenters. The molecule has 0 aliphatic carbocycles. The molecule has 1 unspecified atom stereocenters. The maximum absolute atomic E-state index is 3.86. The third-order valence-electron chi connectivity index (χ3n) is 5.76. The number of hydrogen-bond acceptors (Lipinski definition) is 1. The van der Waals surface area contributed by atoms with Crippen molar-refractivity contribution in [2.24, 2.45) is 0 Å². The summed E-state index contributed by atoms with van der Waals surface area (Å²) in [6.07, 6.45) is 28.5. The van der Waals surface area contributed by atoms with Crippen LogP contribution in [0.1, 0.15) is 149 Å². The van der Waals surface area contributed by atoms with E-state index in [1.54, 1.807) is 0 Å². The van der Waals surface area contributed by atoms with Gasteiger partial charge in [-0.15, -0.1) is 0 Å². The third kappa shape index (κ3) is 20.3. The average Bonchev–Trinajstić information content (AvgIpc) is 2.65. The number of hydrogen-bond donors (Lipinski definition) is 1. The lowest BCUT2D eigenvalue weighted by molar-refractivity contribution is 0.418. The maximum Gasteiger partial charge on any atom is 0.00669 e. The van der Waals surface area contributed by atoms with Gasteiger partial charge in [-0.25, -0.2) is 0 Å². The molecule has 0 spiro atoms. The Kier molecular flexibility index (Phi) is 23.0. The largest absolute Gasteiger partial charge is 0.314 e. The molecule has 0 saturated heterocycles. The summed E-state index contributed by atoms with van der Waals surface area (Å²) < 4.78 is 0. The molecule has 0 amide bonds. The molecule has 0 aliphatic heterocycles. The average molecular weight is 368 g/mol. The molecule has 26 heavy (non-hydrogen) atoms. The van der Waals surface area contributed by atoms with E-state index < -0.39 is 0 Å². The lowest BCUT2D eigenvalue weighted by Crippen LogP contribution is -2.29. The number of unbranched alkanes of at least 4 members (excludes halogenated alkanes) is 15. The molecular weight excluding hydrogens is 314 g/mol. The maximum atomic E-state index is 3.86. The highest BCUT2D eigenvalue weighted by Gasteiger charge is 2.06. The highest BCUT2D eigenvalue weighted by molar-refractivity contribution is 4.66. The molecule has 0 bridgehead atoms. The molecule has 0 aromatic carbocycles. The van der Waals surface area contributed by atoms with Crippen LogP contribution >= 0.6 is 0 Å². The minimum absolute atomic E-state index is 0.786. The molecule has 0 saturated carbocycles. The molecule has 0 aliphatic rings. The molecule has 0 heterocycles. The summed E-state index contributed by atoms with van der Waals surface area (Å²) in [6, 6.07) is 0.786. The van der Waals surface area contributed by atoms with Crippen molar-refractivity contribution in [2.75, 3.05) is 6.54 Å². The monoisotopic (exact) mass is 367 g/mol. The number of nitrogens with one attached hydrogen (secondary N) is 1. The predicted molar refractivity (Wildman–Crippen MR) is 121 cm³/mol. The lowest BCUT2D eigenvalue weighted by atomic mass is 10.0. The Hall–Kier alpha value is -0.0400. The second-order valence-electron chi connectivity index (χ2n) is 8.53. The first-order valence-corrected chi connectivity index (χ1v) is 12.6. The quantitative estimate of drug-likeness (QED) is 0.188. The van der Waals surface area contributed by atoms with Crippen molar-refractivity contribution in [3.8, 4) is 0 Å². The van der Waals surface area contributed by atoms with Crippen LogP contribution in [-0.2, 0) is 0 Å². The highest BCUT2D eigenvalue weighted by Crippen LogP contribution is 2.13. The zero-order chi connectivity index (χ0) is 19.1. The van der Waals surface area contributed by atoms with Crippen molar-refractivity contribution in [1.82, 2.24) is 5.32 Å². The zero-order valence-corrected chi connectivity index (χ0v) is 18.9. The van der Waals surface area contributed by atoms with E-state index in [0.717, 1.165) is 6.04 Å². The van der Waals surface area contributed by atoms with Crippen LogP contribution in [-0.4, -0.2) is 12.6 Å². The summed E-state index contributed by atoms with van der Waals surface area (Å²) in [5.74, 6) is 0. The standard InChI is InChI=1S/C25H53N/c1-4-7-9-11-13-14-15-17-19-21-24-26-25(22-6-3)23-20-18-16-12-10-8-5-2/h25-26H,4-24H2,1-3H3. The Morgan fingerprint density at radius 1 is 0.423 bits per heavy atom. The summed E-state index contributed by atoms with van der Waals surface area (Å²) in [6.45, 7) is 8.18. The van der Waals surface area contributed by atoms with Crippen LogP contribution in [0.4, 0.5) is 0 Å². The van der Waals surface area contributed by atoms with Gasteiger partial charge < -0.3 is 5.32 Å². The van der Waals surface area contributed by atoms with Crippen molar-refractivity contribution in [2.45, 2.75) is 155 Å². The summed E-state index contributed by atoms with van der Waals surface area (Å²) in [4.78, 5) is 0. The molecule has 1 heteroatoms. The molecule has 0 aromatic rings. The molecule has 0 rings (SSSR count). The lowest BCUT2D eigenvalue weighted by Gasteiger charge is -2.18. The van der Waals surface area contributed by atoms with Crippen LogP contribution in [0.15, 0.2) is 0 Å². The first kappa shape index (κ1) is 26.0. The van der Waals surface area contributed by atoms with Crippen molar-refractivity contribution in [3.05, 3.63) is 0 Å². The van der Waals surface area contributed by atoms with Gasteiger partial charge in [0.05, 0.1) is 0 Å². The van der Waals surface area contributed by atoms with Gasteiger partial charge in [0.2, 0.25) is 0 Å². The predicted octanol–water partition coefficient (Wildman–Crippen LogP) is 8.81. The Morgan fingerprint density at radius 2 is 0.846 bits per heavy atom. The fraction of sp³-hybridized carbons (Fsp3) is 1.00. The van der Waals surface area contributed by atoms with E-state index in [2.05, 4.69) is 26.1 Å². The van der Waals surface area contributed by atoms with E-state index in [-0.39, 0.29) is 0 Å². The van der Waals surface area contributed by atoms with E-state index in [0.29, 0.717) is 0 Å². The number of rotatable bonds is 22. The van der Waals surface area contributed by atoms with Crippen LogP contribution in [0.25, 0.3) is 0 Å². The van der Waals surface area contributed by atoms with Crippen LogP contribution in [0.5, 0.6) is 0 Å². The highest BCUT2D eigenvalue weighted by atomic mass is 14.9. The first-order valence-electron chi connectivity index (χ1n) is 12.6. The van der Waals surface area contributed by atoms with Crippen LogP contribution in [0.2, 0.25) is 0 Å². The molecule has 1 N–H and O–H groups in total. The first-order chi connectivity index (χ1) is 12.8. The van der Waals surface area contributed by atoms with Gasteiger partial charge in [0, 0.05) is 6.04 Å². The zero-order valence-electron chi connectivity index (χ0n) is 18.9. The van der Waals surface area contributed by atoms with Gasteiger partial charge in [0.15, 0.2) is 0 Å². The van der Waals surface area contributed by atoms with E-state index >= 15 is 0 Å². The normalized spacial score (nSPS) is 12.6. The fourth-order valence-corrected chi connectivity index (χ4v) is 3.96. The smallest absolute Gasteiger partial charge is 0.00669 e. The van der Waals surface area contributed by atoms with E-state index in [9.17, 15) is 0 Å². The van der Waals surface area contributed by atoms with Crippen molar-refractivity contribution in [1.29, 1.82) is 0 Å². The van der Waals surface area contributed by atoms with Gasteiger partial charge >= 0.3 is 0 Å². The van der Waals surface area contributed by atoms with E-state index in [4.69, 9.17) is 0 Å². The van der Waals surface area contributed by atoms with Gasteiger partial charge in [-0.05, 0) is 25.8 Å². The Balaban J connectivity index is 3.39. The second-order valence-corrected chi connectivity index (χ2v) is 8.53. The molecule has 1 nitrogen and oxygen atoms in total. The summed E-state index contributed by atoms with van der Waals surface area (Å²) in [5.41, 5.74) is 0. The van der Waals surface area contributed by atoms with Gasteiger partial charge in [0.25, 0.3) is 0 Å². The van der Waals surface area contributed by atoms with Crippen LogP contribution < -0.4 is 5.32 Å². The molecule has 0 fully saturated rings.